The fraction of sp³-hybridized carbons (Fsp3) is 0.385. The Bertz CT molecular complexity index is 438. The first-order chi connectivity index (χ1) is 8.63. The predicted octanol–water partition coefficient (Wildman–Crippen LogP) is 0.595. The molecule has 1 unspecified atom stereocenters. The molecule has 5 nitrogen and oxygen atoms in total. The normalized spacial score (nSPS) is 11.4. The lowest BCUT2D eigenvalue weighted by Gasteiger charge is -2.12. The Hall–Kier alpha value is -2.06. The number of hydrogen-bond acceptors (Lipinski definition) is 4. The minimum Gasteiger partial charge on any atom is -0.483 e. The van der Waals surface area contributed by atoms with E-state index in [0.717, 1.165) is 5.56 Å². The van der Waals surface area contributed by atoms with Crippen molar-refractivity contribution in [1.29, 1.82) is 5.26 Å². The van der Waals surface area contributed by atoms with Crippen molar-refractivity contribution in [2.24, 2.45) is 5.73 Å². The van der Waals surface area contributed by atoms with Gasteiger partial charge in [0.2, 0.25) is 0 Å². The standard InChI is InChI=1S/C13H17N3O2/c1-10(15)8-11-4-2-3-5-12(11)18-9-13(17)16-7-6-14/h2-5,10H,7-9,15H2,1H3,(H,16,17). The van der Waals surface area contributed by atoms with Crippen LogP contribution in [0.1, 0.15) is 12.5 Å². The van der Waals surface area contributed by atoms with Gasteiger partial charge in [-0.05, 0) is 25.0 Å². The van der Waals surface area contributed by atoms with Crippen LogP contribution in [0.5, 0.6) is 5.75 Å². The van der Waals surface area contributed by atoms with E-state index < -0.39 is 0 Å². The fourth-order valence-electron chi connectivity index (χ4n) is 1.49. The Morgan fingerprint density at radius 2 is 2.28 bits per heavy atom. The first kappa shape index (κ1) is 14.0. The van der Waals surface area contributed by atoms with E-state index >= 15 is 0 Å². The third-order valence-electron chi connectivity index (χ3n) is 2.24. The summed E-state index contributed by atoms with van der Waals surface area (Å²) >= 11 is 0. The summed E-state index contributed by atoms with van der Waals surface area (Å²) in [6.07, 6.45) is 0.690. The number of hydrogen-bond donors (Lipinski definition) is 2. The second-order valence-corrected chi connectivity index (χ2v) is 4.01. The number of nitriles is 1. The van der Waals surface area contributed by atoms with Crippen molar-refractivity contribution in [3.05, 3.63) is 29.8 Å². The lowest BCUT2D eigenvalue weighted by Crippen LogP contribution is -2.29. The number of amides is 1. The van der Waals surface area contributed by atoms with Crippen LogP contribution < -0.4 is 15.8 Å². The minimum absolute atomic E-state index is 0.0102. The number of nitrogens with zero attached hydrogens (tertiary/aromatic N) is 1. The molecule has 0 aliphatic heterocycles. The van der Waals surface area contributed by atoms with Crippen LogP contribution in [-0.4, -0.2) is 25.1 Å². The van der Waals surface area contributed by atoms with E-state index in [9.17, 15) is 4.79 Å². The predicted molar refractivity (Wildman–Crippen MR) is 67.9 cm³/mol. The number of carbonyl (C=O) groups excluding carboxylic acids is 1. The van der Waals surface area contributed by atoms with Crippen LogP contribution in [0.15, 0.2) is 24.3 Å². The number of para-hydroxylation sites is 1. The first-order valence-electron chi connectivity index (χ1n) is 5.73. The van der Waals surface area contributed by atoms with E-state index in [1.807, 2.05) is 31.2 Å². The van der Waals surface area contributed by atoms with Crippen LogP contribution in [0.25, 0.3) is 0 Å². The molecule has 1 rings (SSSR count). The smallest absolute Gasteiger partial charge is 0.258 e. The van der Waals surface area contributed by atoms with Gasteiger partial charge in [-0.1, -0.05) is 18.2 Å². The van der Waals surface area contributed by atoms with Gasteiger partial charge in [0.15, 0.2) is 6.61 Å². The zero-order valence-electron chi connectivity index (χ0n) is 10.3. The zero-order chi connectivity index (χ0) is 13.4. The van der Waals surface area contributed by atoms with Crippen molar-refractivity contribution < 1.29 is 9.53 Å². The molecule has 0 aliphatic carbocycles. The Morgan fingerprint density at radius 1 is 1.56 bits per heavy atom. The van der Waals surface area contributed by atoms with Crippen molar-refractivity contribution in [2.45, 2.75) is 19.4 Å². The van der Waals surface area contributed by atoms with E-state index in [2.05, 4.69) is 5.32 Å². The minimum atomic E-state index is -0.313. The molecule has 18 heavy (non-hydrogen) atoms. The van der Waals surface area contributed by atoms with Crippen LogP contribution in [0.3, 0.4) is 0 Å². The first-order valence-corrected chi connectivity index (χ1v) is 5.73. The Morgan fingerprint density at radius 3 is 2.94 bits per heavy atom. The summed E-state index contributed by atoms with van der Waals surface area (Å²) in [5.41, 5.74) is 6.72. The topological polar surface area (TPSA) is 88.1 Å². The van der Waals surface area contributed by atoms with E-state index in [-0.39, 0.29) is 25.1 Å². The van der Waals surface area contributed by atoms with Gasteiger partial charge in [-0.2, -0.15) is 5.26 Å². The number of ether oxygens (including phenoxy) is 1. The molecular formula is C13H17N3O2. The van der Waals surface area contributed by atoms with Crippen LogP contribution >= 0.6 is 0 Å². The van der Waals surface area contributed by atoms with Gasteiger partial charge in [0.1, 0.15) is 12.3 Å². The largest absolute Gasteiger partial charge is 0.483 e. The van der Waals surface area contributed by atoms with Gasteiger partial charge in [-0.15, -0.1) is 0 Å². The molecule has 1 atom stereocenters. The maximum atomic E-state index is 11.3. The Balaban J connectivity index is 2.56. The van der Waals surface area contributed by atoms with Gasteiger partial charge >= 0.3 is 0 Å². The monoisotopic (exact) mass is 247 g/mol. The van der Waals surface area contributed by atoms with E-state index in [4.69, 9.17) is 15.7 Å². The van der Waals surface area contributed by atoms with Crippen LogP contribution in [0, 0.1) is 11.3 Å². The van der Waals surface area contributed by atoms with Crippen LogP contribution in [-0.2, 0) is 11.2 Å². The van der Waals surface area contributed by atoms with Gasteiger partial charge in [0.05, 0.1) is 6.07 Å². The number of nitrogens with two attached hydrogens (primary N) is 1. The highest BCUT2D eigenvalue weighted by Gasteiger charge is 2.07. The van der Waals surface area contributed by atoms with Gasteiger partial charge < -0.3 is 15.8 Å². The highest BCUT2D eigenvalue weighted by Crippen LogP contribution is 2.19. The number of carbonyl (C=O) groups is 1. The Kier molecular flexibility index (Phi) is 5.68. The maximum Gasteiger partial charge on any atom is 0.258 e. The van der Waals surface area contributed by atoms with Gasteiger partial charge in [0, 0.05) is 6.04 Å². The lowest BCUT2D eigenvalue weighted by molar-refractivity contribution is -0.122. The molecule has 0 bridgehead atoms. The van der Waals surface area contributed by atoms with Gasteiger partial charge in [-0.25, -0.2) is 0 Å². The van der Waals surface area contributed by atoms with Crippen molar-refractivity contribution in [3.63, 3.8) is 0 Å². The molecular weight excluding hydrogens is 230 g/mol. The maximum absolute atomic E-state index is 11.3. The quantitative estimate of drug-likeness (QED) is 0.720. The second kappa shape index (κ2) is 7.30. The average Bonchev–Trinajstić information content (AvgIpc) is 2.34. The molecule has 0 saturated carbocycles. The lowest BCUT2D eigenvalue weighted by atomic mass is 10.1. The summed E-state index contributed by atoms with van der Waals surface area (Å²) in [7, 11) is 0. The summed E-state index contributed by atoms with van der Waals surface area (Å²) in [5, 5.41) is 10.7. The SMILES string of the molecule is CC(N)Cc1ccccc1OCC(=O)NCC#N. The van der Waals surface area contributed by atoms with Crippen molar-refractivity contribution >= 4 is 5.91 Å². The van der Waals surface area contributed by atoms with E-state index in [0.29, 0.717) is 12.2 Å². The molecule has 96 valence electrons. The fourth-order valence-corrected chi connectivity index (χ4v) is 1.49. The van der Waals surface area contributed by atoms with Crippen molar-refractivity contribution in [2.75, 3.05) is 13.2 Å². The number of rotatable bonds is 6. The summed E-state index contributed by atoms with van der Waals surface area (Å²) in [5.74, 6) is 0.342. The molecule has 5 heteroatoms. The molecule has 0 heterocycles. The van der Waals surface area contributed by atoms with E-state index in [1.54, 1.807) is 6.07 Å². The van der Waals surface area contributed by atoms with Crippen LogP contribution in [0.4, 0.5) is 0 Å². The van der Waals surface area contributed by atoms with Gasteiger partial charge in [-0.3, -0.25) is 4.79 Å². The summed E-state index contributed by atoms with van der Waals surface area (Å²) in [6.45, 7) is 1.80. The molecule has 0 saturated heterocycles. The number of benzene rings is 1. The van der Waals surface area contributed by atoms with Crippen molar-refractivity contribution in [1.82, 2.24) is 5.32 Å². The molecule has 3 N–H and O–H groups in total. The summed E-state index contributed by atoms with van der Waals surface area (Å²) < 4.78 is 5.42. The molecule has 0 spiro atoms. The molecule has 1 aromatic carbocycles. The third-order valence-corrected chi connectivity index (χ3v) is 2.24. The third kappa shape index (κ3) is 4.85. The molecule has 0 aliphatic rings. The summed E-state index contributed by atoms with van der Waals surface area (Å²) in [4.78, 5) is 11.3. The van der Waals surface area contributed by atoms with Crippen LogP contribution in [0.2, 0.25) is 0 Å². The molecule has 0 fully saturated rings. The van der Waals surface area contributed by atoms with E-state index in [1.165, 1.54) is 0 Å². The highest BCUT2D eigenvalue weighted by atomic mass is 16.5. The molecule has 0 aromatic heterocycles. The second-order valence-electron chi connectivity index (χ2n) is 4.01. The summed E-state index contributed by atoms with van der Waals surface area (Å²) in [6, 6.07) is 9.33. The molecule has 0 radical (unpaired) electrons. The molecule has 1 amide bonds. The van der Waals surface area contributed by atoms with Crippen molar-refractivity contribution in [3.8, 4) is 11.8 Å². The molecule has 1 aromatic rings. The highest BCUT2D eigenvalue weighted by molar-refractivity contribution is 5.77. The Labute approximate surface area is 107 Å². The van der Waals surface area contributed by atoms with Gasteiger partial charge in [0.25, 0.3) is 5.91 Å². The zero-order valence-corrected chi connectivity index (χ0v) is 10.3. The number of nitrogens with one attached hydrogen (secondary N) is 1. The average molecular weight is 247 g/mol.